The van der Waals surface area contributed by atoms with Crippen LogP contribution in [0.3, 0.4) is 0 Å². The summed E-state index contributed by atoms with van der Waals surface area (Å²) in [6, 6.07) is 13.8. The predicted molar refractivity (Wildman–Crippen MR) is 130 cm³/mol. The molecule has 0 amide bonds. The Morgan fingerprint density at radius 2 is 1.83 bits per heavy atom. The molecule has 0 heterocycles. The molecule has 0 radical (unpaired) electrons. The van der Waals surface area contributed by atoms with Gasteiger partial charge >= 0.3 is 0 Å². The molecule has 166 valence electrons. The number of primary sulfonamides is 1. The van der Waals surface area contributed by atoms with Crippen LogP contribution in [0.4, 0.5) is 10.1 Å². The number of halogens is 2. The summed E-state index contributed by atoms with van der Waals surface area (Å²) >= 11 is 0. The van der Waals surface area contributed by atoms with Gasteiger partial charge in [0, 0.05) is 12.2 Å². The van der Waals surface area contributed by atoms with Crippen LogP contribution in [0.5, 0.6) is 5.75 Å². The molecule has 0 aliphatic carbocycles. The van der Waals surface area contributed by atoms with Gasteiger partial charge in [-0.2, -0.15) is 0 Å². The van der Waals surface area contributed by atoms with E-state index in [1.54, 1.807) is 18.2 Å². The van der Waals surface area contributed by atoms with E-state index in [2.05, 4.69) is 15.6 Å². The number of anilines is 1. The van der Waals surface area contributed by atoms with Gasteiger partial charge in [0.25, 0.3) is 0 Å². The molecule has 0 spiro atoms. The van der Waals surface area contributed by atoms with Crippen LogP contribution in [-0.4, -0.2) is 39.3 Å². The molecule has 30 heavy (non-hydrogen) atoms. The third-order valence-electron chi connectivity index (χ3n) is 3.78. The van der Waals surface area contributed by atoms with E-state index in [-0.39, 0.29) is 48.2 Å². The van der Waals surface area contributed by atoms with Crippen molar-refractivity contribution in [1.82, 2.24) is 5.32 Å². The summed E-state index contributed by atoms with van der Waals surface area (Å²) in [5, 5.41) is 11.2. The Bertz CT molecular complexity index is 922. The molecule has 2 rings (SSSR count). The Hall–Kier alpha value is -1.92. The van der Waals surface area contributed by atoms with Crippen LogP contribution in [0, 0.1) is 5.82 Å². The van der Waals surface area contributed by atoms with Crippen LogP contribution >= 0.6 is 24.0 Å². The van der Waals surface area contributed by atoms with Gasteiger partial charge in [-0.3, -0.25) is 4.99 Å². The highest BCUT2D eigenvalue weighted by atomic mass is 127. The van der Waals surface area contributed by atoms with Crippen molar-refractivity contribution < 1.29 is 17.5 Å². The first kappa shape index (κ1) is 26.1. The maximum Gasteiger partial charge on any atom is 0.210 e. The van der Waals surface area contributed by atoms with Gasteiger partial charge < -0.3 is 15.4 Å². The first-order valence-electron chi connectivity index (χ1n) is 9.29. The molecule has 4 N–H and O–H groups in total. The SMILES string of the molecule is CC(C)Oc1ccc(NC(=NCCS(N)(=O)=O)NCCc2ccccc2F)cc1.I. The first-order chi connectivity index (χ1) is 13.7. The minimum absolute atomic E-state index is 0. The van der Waals surface area contributed by atoms with Crippen molar-refractivity contribution in [2.45, 2.75) is 26.4 Å². The number of aliphatic imine (C=N–C) groups is 1. The van der Waals surface area contributed by atoms with Crippen LogP contribution in [0.2, 0.25) is 0 Å². The highest BCUT2D eigenvalue weighted by Crippen LogP contribution is 2.16. The monoisotopic (exact) mass is 550 g/mol. The van der Waals surface area contributed by atoms with Crippen molar-refractivity contribution in [2.75, 3.05) is 24.2 Å². The molecule has 2 aromatic rings. The summed E-state index contributed by atoms with van der Waals surface area (Å²) in [6.07, 6.45) is 0.521. The standard InChI is InChI=1S/C20H27FN4O3S.HI/c1-15(2)28-18-9-7-17(8-10-18)25-20(24-13-14-29(22,26)27)23-12-11-16-5-3-4-6-19(16)21;/h3-10,15H,11-14H2,1-2H3,(H2,22,26,27)(H2,23,24,25);1H. The zero-order chi connectivity index (χ0) is 21.3. The van der Waals surface area contributed by atoms with E-state index >= 15 is 0 Å². The van der Waals surface area contributed by atoms with E-state index in [1.807, 2.05) is 38.1 Å². The molecule has 0 aliphatic heterocycles. The van der Waals surface area contributed by atoms with Gasteiger partial charge in [-0.05, 0) is 56.2 Å². The second-order valence-electron chi connectivity index (χ2n) is 6.68. The zero-order valence-corrected chi connectivity index (χ0v) is 20.1. The molecule has 0 aliphatic rings. The summed E-state index contributed by atoms with van der Waals surface area (Å²) < 4.78 is 41.7. The molecule has 0 saturated carbocycles. The van der Waals surface area contributed by atoms with Crippen molar-refractivity contribution in [3.63, 3.8) is 0 Å². The highest BCUT2D eigenvalue weighted by Gasteiger charge is 2.06. The smallest absolute Gasteiger partial charge is 0.210 e. The first-order valence-corrected chi connectivity index (χ1v) is 11.0. The maximum atomic E-state index is 13.8. The average Bonchev–Trinajstić information content (AvgIpc) is 2.63. The van der Waals surface area contributed by atoms with Crippen LogP contribution in [0.1, 0.15) is 19.4 Å². The second kappa shape index (κ2) is 12.7. The van der Waals surface area contributed by atoms with Gasteiger partial charge in [-0.15, -0.1) is 24.0 Å². The minimum atomic E-state index is -3.61. The fourth-order valence-corrected chi connectivity index (χ4v) is 2.81. The molecule has 7 nitrogen and oxygen atoms in total. The van der Waals surface area contributed by atoms with E-state index in [0.717, 1.165) is 11.4 Å². The molecular formula is C20H28FIN4O3S. The minimum Gasteiger partial charge on any atom is -0.491 e. The normalized spacial score (nSPS) is 11.7. The van der Waals surface area contributed by atoms with E-state index in [1.165, 1.54) is 6.07 Å². The fraction of sp³-hybridized carbons (Fsp3) is 0.350. The molecule has 0 saturated heterocycles. The number of nitrogens with two attached hydrogens (primary N) is 1. The summed E-state index contributed by atoms with van der Waals surface area (Å²) in [5.74, 6) is 0.581. The molecule has 0 atom stereocenters. The van der Waals surface area contributed by atoms with E-state index in [9.17, 15) is 12.8 Å². The Morgan fingerprint density at radius 1 is 1.17 bits per heavy atom. The number of nitrogens with one attached hydrogen (secondary N) is 2. The second-order valence-corrected chi connectivity index (χ2v) is 8.42. The Kier molecular flexibility index (Phi) is 11.1. The van der Waals surface area contributed by atoms with E-state index < -0.39 is 10.0 Å². The topological polar surface area (TPSA) is 106 Å². The third-order valence-corrected chi connectivity index (χ3v) is 4.53. The molecule has 10 heteroatoms. The lowest BCUT2D eigenvalue weighted by molar-refractivity contribution is 0.242. The highest BCUT2D eigenvalue weighted by molar-refractivity contribution is 14.0. The van der Waals surface area contributed by atoms with Crippen LogP contribution in [0.15, 0.2) is 53.5 Å². The van der Waals surface area contributed by atoms with Crippen molar-refractivity contribution in [2.24, 2.45) is 10.1 Å². The molecular weight excluding hydrogens is 522 g/mol. The summed E-state index contributed by atoms with van der Waals surface area (Å²) in [7, 11) is -3.61. The summed E-state index contributed by atoms with van der Waals surface area (Å²) in [6.45, 7) is 4.31. The van der Waals surface area contributed by atoms with Crippen LogP contribution in [-0.2, 0) is 16.4 Å². The Labute approximate surface area is 194 Å². The number of guanidine groups is 1. The molecule has 0 bridgehead atoms. The largest absolute Gasteiger partial charge is 0.491 e. The maximum absolute atomic E-state index is 13.8. The van der Waals surface area contributed by atoms with Crippen LogP contribution in [0.25, 0.3) is 0 Å². The van der Waals surface area contributed by atoms with Crippen molar-refractivity contribution in [3.8, 4) is 5.75 Å². The number of sulfonamides is 1. The lowest BCUT2D eigenvalue weighted by atomic mass is 10.1. The fourth-order valence-electron chi connectivity index (χ4n) is 2.47. The quantitative estimate of drug-likeness (QED) is 0.253. The molecule has 2 aromatic carbocycles. The number of ether oxygens (including phenoxy) is 1. The van der Waals surface area contributed by atoms with Gasteiger partial charge in [-0.25, -0.2) is 17.9 Å². The Morgan fingerprint density at radius 3 is 2.43 bits per heavy atom. The Balaban J connectivity index is 0.00000450. The lowest BCUT2D eigenvalue weighted by Gasteiger charge is -2.14. The number of hydrogen-bond donors (Lipinski definition) is 3. The number of benzene rings is 2. The van der Waals surface area contributed by atoms with Gasteiger partial charge in [-0.1, -0.05) is 18.2 Å². The van der Waals surface area contributed by atoms with Crippen LogP contribution < -0.4 is 20.5 Å². The van der Waals surface area contributed by atoms with Gasteiger partial charge in [0.05, 0.1) is 18.4 Å². The summed E-state index contributed by atoms with van der Waals surface area (Å²) in [5.41, 5.74) is 1.33. The molecule has 0 aromatic heterocycles. The van der Waals surface area contributed by atoms with Crippen molar-refractivity contribution in [3.05, 3.63) is 59.9 Å². The summed E-state index contributed by atoms with van der Waals surface area (Å²) in [4.78, 5) is 4.24. The van der Waals surface area contributed by atoms with Gasteiger partial charge in [0.1, 0.15) is 11.6 Å². The van der Waals surface area contributed by atoms with Crippen molar-refractivity contribution >= 4 is 45.6 Å². The van der Waals surface area contributed by atoms with Crippen molar-refractivity contribution in [1.29, 1.82) is 0 Å². The number of nitrogens with zero attached hydrogens (tertiary/aromatic N) is 1. The average molecular weight is 550 g/mol. The molecule has 0 unspecified atom stereocenters. The number of rotatable bonds is 9. The number of hydrogen-bond acceptors (Lipinski definition) is 4. The van der Waals surface area contributed by atoms with E-state index in [0.29, 0.717) is 24.5 Å². The zero-order valence-electron chi connectivity index (χ0n) is 17.0. The lowest BCUT2D eigenvalue weighted by Crippen LogP contribution is -2.33. The van der Waals surface area contributed by atoms with Gasteiger partial charge in [0.2, 0.25) is 10.0 Å². The third kappa shape index (κ3) is 10.2. The molecule has 0 fully saturated rings. The predicted octanol–water partition coefficient (Wildman–Crippen LogP) is 3.12. The van der Waals surface area contributed by atoms with Gasteiger partial charge in [0.15, 0.2) is 5.96 Å². The van der Waals surface area contributed by atoms with E-state index in [4.69, 9.17) is 9.88 Å².